The van der Waals surface area contributed by atoms with Crippen LogP contribution in [0.2, 0.25) is 0 Å². The molecule has 0 unspecified atom stereocenters. The maximum Gasteiger partial charge on any atom is 0.186 e. The topological polar surface area (TPSA) is 79.1 Å². The van der Waals surface area contributed by atoms with Crippen LogP contribution in [0.4, 0.5) is 17.3 Å². The smallest absolute Gasteiger partial charge is 0.186 e. The Labute approximate surface area is 168 Å². The Morgan fingerprint density at radius 2 is 1.62 bits per heavy atom. The number of hydrogen-bond donors (Lipinski definition) is 0. The first-order valence-corrected chi connectivity index (χ1v) is 9.66. The predicted molar refractivity (Wildman–Crippen MR) is 115 cm³/mol. The van der Waals surface area contributed by atoms with Gasteiger partial charge in [0.05, 0.1) is 10.9 Å². The Hall–Kier alpha value is -3.49. The number of hydrogen-bond acceptors (Lipinski definition) is 8. The second kappa shape index (κ2) is 6.84. The Morgan fingerprint density at radius 3 is 2.41 bits per heavy atom. The van der Waals surface area contributed by atoms with Crippen LogP contribution in [0.25, 0.3) is 21.9 Å². The van der Waals surface area contributed by atoms with Gasteiger partial charge in [-0.05, 0) is 18.2 Å². The van der Waals surface area contributed by atoms with Crippen molar-refractivity contribution in [2.24, 2.45) is 7.05 Å². The number of aryl methyl sites for hydroxylation is 1. The third-order valence-electron chi connectivity index (χ3n) is 5.38. The molecule has 0 N–H and O–H groups in total. The van der Waals surface area contributed by atoms with E-state index in [1.165, 1.54) is 5.69 Å². The van der Waals surface area contributed by atoms with Gasteiger partial charge in [-0.2, -0.15) is 5.10 Å². The first-order chi connectivity index (χ1) is 14.1. The van der Waals surface area contributed by atoms with Crippen molar-refractivity contribution in [3.05, 3.63) is 37.1 Å². The molecule has 9 heteroatoms. The SMILES string of the molecule is CN(C)c1ncnc2ccc(N3CCN(c4ncnc5nn(C)cc45)CC3)cc12. The monoisotopic (exact) mass is 389 g/mol. The highest BCUT2D eigenvalue weighted by molar-refractivity contribution is 5.92. The molecule has 0 atom stereocenters. The minimum absolute atomic E-state index is 0.741. The summed E-state index contributed by atoms with van der Waals surface area (Å²) in [6.07, 6.45) is 5.21. The maximum atomic E-state index is 4.53. The van der Waals surface area contributed by atoms with Crippen LogP contribution in [-0.4, -0.2) is 70.0 Å². The van der Waals surface area contributed by atoms with Crippen molar-refractivity contribution in [2.45, 2.75) is 0 Å². The molecule has 0 radical (unpaired) electrons. The van der Waals surface area contributed by atoms with Crippen molar-refractivity contribution in [1.82, 2.24) is 29.7 Å². The number of nitrogens with zero attached hydrogens (tertiary/aromatic N) is 9. The minimum atomic E-state index is 0.741. The fourth-order valence-corrected chi connectivity index (χ4v) is 3.95. The van der Waals surface area contributed by atoms with E-state index in [4.69, 9.17) is 0 Å². The van der Waals surface area contributed by atoms with Crippen molar-refractivity contribution >= 4 is 39.3 Å². The zero-order chi connectivity index (χ0) is 20.0. The highest BCUT2D eigenvalue weighted by Crippen LogP contribution is 2.28. The summed E-state index contributed by atoms with van der Waals surface area (Å²) in [6, 6.07) is 6.42. The van der Waals surface area contributed by atoms with Crippen LogP contribution >= 0.6 is 0 Å². The van der Waals surface area contributed by atoms with Gasteiger partial charge in [0.15, 0.2) is 5.65 Å². The van der Waals surface area contributed by atoms with Gasteiger partial charge in [0.25, 0.3) is 0 Å². The van der Waals surface area contributed by atoms with Crippen molar-refractivity contribution < 1.29 is 0 Å². The van der Waals surface area contributed by atoms with E-state index in [0.717, 1.165) is 59.8 Å². The van der Waals surface area contributed by atoms with Gasteiger partial charge >= 0.3 is 0 Å². The number of anilines is 3. The molecule has 0 saturated carbocycles. The molecule has 1 aliphatic rings. The fourth-order valence-electron chi connectivity index (χ4n) is 3.95. The zero-order valence-corrected chi connectivity index (χ0v) is 16.8. The van der Waals surface area contributed by atoms with E-state index in [1.54, 1.807) is 17.3 Å². The molecule has 29 heavy (non-hydrogen) atoms. The summed E-state index contributed by atoms with van der Waals surface area (Å²) in [5.41, 5.74) is 2.90. The second-order valence-corrected chi connectivity index (χ2v) is 7.50. The normalized spacial score (nSPS) is 14.7. The summed E-state index contributed by atoms with van der Waals surface area (Å²) < 4.78 is 1.79. The molecule has 1 fully saturated rings. The number of benzene rings is 1. The predicted octanol–water partition coefficient (Wildman–Crippen LogP) is 1.70. The van der Waals surface area contributed by atoms with Crippen LogP contribution in [0.5, 0.6) is 0 Å². The zero-order valence-electron chi connectivity index (χ0n) is 16.8. The lowest BCUT2D eigenvalue weighted by molar-refractivity contribution is 0.649. The molecule has 0 bridgehead atoms. The molecular weight excluding hydrogens is 366 g/mol. The van der Waals surface area contributed by atoms with E-state index in [-0.39, 0.29) is 0 Å². The van der Waals surface area contributed by atoms with Crippen molar-refractivity contribution in [2.75, 3.05) is 55.0 Å². The van der Waals surface area contributed by atoms with Crippen LogP contribution in [0.15, 0.2) is 37.1 Å². The lowest BCUT2D eigenvalue weighted by Crippen LogP contribution is -2.46. The quantitative estimate of drug-likeness (QED) is 0.524. The van der Waals surface area contributed by atoms with Gasteiger partial charge in [-0.25, -0.2) is 19.9 Å². The Kier molecular flexibility index (Phi) is 4.15. The lowest BCUT2D eigenvalue weighted by atomic mass is 10.1. The maximum absolute atomic E-state index is 4.53. The van der Waals surface area contributed by atoms with E-state index in [9.17, 15) is 0 Å². The summed E-state index contributed by atoms with van der Waals surface area (Å²) in [5, 5.41) is 6.47. The van der Waals surface area contributed by atoms with Crippen molar-refractivity contribution in [3.8, 4) is 0 Å². The molecule has 9 nitrogen and oxygen atoms in total. The Morgan fingerprint density at radius 1 is 0.862 bits per heavy atom. The molecule has 5 rings (SSSR count). The molecule has 1 saturated heterocycles. The van der Waals surface area contributed by atoms with Gasteiger partial charge < -0.3 is 14.7 Å². The molecule has 4 heterocycles. The molecular formula is C20H23N9. The summed E-state index contributed by atoms with van der Waals surface area (Å²) in [7, 11) is 5.93. The highest BCUT2D eigenvalue weighted by Gasteiger charge is 2.21. The molecule has 3 aromatic heterocycles. The lowest BCUT2D eigenvalue weighted by Gasteiger charge is -2.37. The highest BCUT2D eigenvalue weighted by atomic mass is 15.3. The standard InChI is InChI=1S/C20H23N9/c1-26(2)19-15-10-14(4-5-17(15)21-12-23-19)28-6-8-29(9-7-28)20-16-11-27(3)25-18(16)22-13-24-20/h4-5,10-13H,6-9H2,1-3H3. The molecule has 0 aliphatic carbocycles. The van der Waals surface area contributed by atoms with Crippen LogP contribution in [-0.2, 0) is 7.05 Å². The Bertz CT molecular complexity index is 1180. The first-order valence-electron chi connectivity index (χ1n) is 9.66. The molecule has 0 amide bonds. The molecule has 1 aliphatic heterocycles. The van der Waals surface area contributed by atoms with Crippen LogP contribution in [0.3, 0.4) is 0 Å². The van der Waals surface area contributed by atoms with Crippen LogP contribution in [0, 0.1) is 0 Å². The number of aromatic nitrogens is 6. The third kappa shape index (κ3) is 3.08. The van der Waals surface area contributed by atoms with Crippen molar-refractivity contribution in [3.63, 3.8) is 0 Å². The molecule has 148 valence electrons. The summed E-state index contributed by atoms with van der Waals surface area (Å²) in [4.78, 5) is 24.4. The number of rotatable bonds is 3. The van der Waals surface area contributed by atoms with Gasteiger partial charge in [-0.15, -0.1) is 0 Å². The van der Waals surface area contributed by atoms with Crippen LogP contribution < -0.4 is 14.7 Å². The average Bonchev–Trinajstić information content (AvgIpc) is 3.13. The number of fused-ring (bicyclic) bond motifs is 2. The van der Waals surface area contributed by atoms with E-state index in [0.29, 0.717) is 0 Å². The number of piperazine rings is 1. The molecule has 0 spiro atoms. The van der Waals surface area contributed by atoms with Gasteiger partial charge in [0.1, 0.15) is 24.3 Å². The minimum Gasteiger partial charge on any atom is -0.368 e. The molecule has 4 aromatic rings. The molecule has 1 aromatic carbocycles. The van der Waals surface area contributed by atoms with Gasteiger partial charge in [0, 0.05) is 64.6 Å². The van der Waals surface area contributed by atoms with Gasteiger partial charge in [-0.1, -0.05) is 0 Å². The second-order valence-electron chi connectivity index (χ2n) is 7.50. The fraction of sp³-hybridized carbons (Fsp3) is 0.350. The third-order valence-corrected chi connectivity index (χ3v) is 5.38. The van der Waals surface area contributed by atoms with E-state index >= 15 is 0 Å². The van der Waals surface area contributed by atoms with Crippen molar-refractivity contribution in [1.29, 1.82) is 0 Å². The summed E-state index contributed by atoms with van der Waals surface area (Å²) in [6.45, 7) is 3.63. The average molecular weight is 389 g/mol. The summed E-state index contributed by atoms with van der Waals surface area (Å²) in [5.74, 6) is 1.90. The van der Waals surface area contributed by atoms with Gasteiger partial charge in [0.2, 0.25) is 0 Å². The Balaban J connectivity index is 1.40. The largest absolute Gasteiger partial charge is 0.368 e. The van der Waals surface area contributed by atoms with E-state index in [2.05, 4.69) is 53.0 Å². The van der Waals surface area contributed by atoms with E-state index in [1.807, 2.05) is 32.2 Å². The van der Waals surface area contributed by atoms with Crippen LogP contribution in [0.1, 0.15) is 0 Å². The van der Waals surface area contributed by atoms with E-state index < -0.39 is 0 Å². The first kappa shape index (κ1) is 17.6. The summed E-state index contributed by atoms with van der Waals surface area (Å²) >= 11 is 0. The van der Waals surface area contributed by atoms with Gasteiger partial charge in [-0.3, -0.25) is 4.68 Å².